The fourth-order valence-electron chi connectivity index (χ4n) is 1.10. The molecule has 4 nitrogen and oxygen atoms in total. The quantitative estimate of drug-likeness (QED) is 0.460. The van der Waals surface area contributed by atoms with E-state index in [0.29, 0.717) is 10.6 Å². The van der Waals surface area contributed by atoms with Gasteiger partial charge in [-0.1, -0.05) is 11.6 Å². The zero-order chi connectivity index (χ0) is 11.4. The van der Waals surface area contributed by atoms with Crippen LogP contribution in [0.5, 0.6) is 0 Å². The molecule has 6 heteroatoms. The third-order valence-corrected chi connectivity index (χ3v) is 2.12. The maximum atomic E-state index is 13.2. The minimum atomic E-state index is -0.491. The molecule has 1 rings (SSSR count). The van der Waals surface area contributed by atoms with Crippen molar-refractivity contribution in [2.45, 2.75) is 6.54 Å². The summed E-state index contributed by atoms with van der Waals surface area (Å²) in [5.74, 6) is 4.53. The van der Waals surface area contributed by atoms with Crippen molar-refractivity contribution in [1.29, 1.82) is 0 Å². The van der Waals surface area contributed by atoms with Gasteiger partial charge in [-0.3, -0.25) is 5.43 Å². The number of halogens is 2. The molecule has 0 heterocycles. The molecule has 0 bridgehead atoms. The average molecular weight is 232 g/mol. The second-order valence-corrected chi connectivity index (χ2v) is 3.48. The molecule has 0 aromatic heterocycles. The molecule has 3 N–H and O–H groups in total. The van der Waals surface area contributed by atoms with Crippen LogP contribution in [0.1, 0.15) is 5.56 Å². The van der Waals surface area contributed by atoms with Crippen molar-refractivity contribution >= 4 is 17.6 Å². The molecule has 0 fully saturated rings. The fraction of sp³-hybridized carbons (Fsp3) is 0.222. The summed E-state index contributed by atoms with van der Waals surface area (Å²) >= 11 is 5.70. The van der Waals surface area contributed by atoms with Crippen LogP contribution in [0.4, 0.5) is 9.18 Å². The molecule has 1 aromatic rings. The third-order valence-electron chi connectivity index (χ3n) is 1.89. The Morgan fingerprint density at radius 1 is 1.67 bits per heavy atom. The first-order valence-corrected chi connectivity index (χ1v) is 4.58. The molecule has 0 atom stereocenters. The predicted molar refractivity (Wildman–Crippen MR) is 55.6 cm³/mol. The van der Waals surface area contributed by atoms with E-state index in [1.54, 1.807) is 0 Å². The number of hydrogen-bond acceptors (Lipinski definition) is 2. The standard InChI is InChI=1S/C9H11ClFN3O/c1-14(9(15)13-12)5-6-4-7(10)2-3-8(6)11/h2-4H,5,12H2,1H3,(H,13,15). The van der Waals surface area contributed by atoms with Crippen molar-refractivity contribution in [3.63, 3.8) is 0 Å². The number of nitrogens with one attached hydrogen (secondary N) is 1. The second-order valence-electron chi connectivity index (χ2n) is 3.04. The van der Waals surface area contributed by atoms with Gasteiger partial charge in [-0.2, -0.15) is 0 Å². The fourth-order valence-corrected chi connectivity index (χ4v) is 1.30. The van der Waals surface area contributed by atoms with Crippen LogP contribution in [0.2, 0.25) is 5.02 Å². The summed E-state index contributed by atoms with van der Waals surface area (Å²) in [6.45, 7) is 0.107. The summed E-state index contributed by atoms with van der Waals surface area (Å²) in [4.78, 5) is 12.3. The van der Waals surface area contributed by atoms with Crippen molar-refractivity contribution in [2.24, 2.45) is 5.84 Å². The highest BCUT2D eigenvalue weighted by Crippen LogP contribution is 2.16. The van der Waals surface area contributed by atoms with Gasteiger partial charge in [0.15, 0.2) is 0 Å². The molecule has 0 saturated heterocycles. The first-order valence-electron chi connectivity index (χ1n) is 4.20. The maximum Gasteiger partial charge on any atom is 0.331 e. The summed E-state index contributed by atoms with van der Waals surface area (Å²) in [5, 5.41) is 0.424. The summed E-state index contributed by atoms with van der Waals surface area (Å²) in [6, 6.07) is 3.68. The Hall–Kier alpha value is -1.33. The van der Waals surface area contributed by atoms with E-state index >= 15 is 0 Å². The van der Waals surface area contributed by atoms with Crippen LogP contribution in [0.25, 0.3) is 0 Å². The second kappa shape index (κ2) is 4.95. The van der Waals surface area contributed by atoms with E-state index in [-0.39, 0.29) is 6.54 Å². The van der Waals surface area contributed by atoms with Crippen molar-refractivity contribution < 1.29 is 9.18 Å². The molecule has 2 amide bonds. The van der Waals surface area contributed by atoms with Crippen LogP contribution in [-0.4, -0.2) is 18.0 Å². The van der Waals surface area contributed by atoms with Crippen molar-refractivity contribution in [1.82, 2.24) is 10.3 Å². The topological polar surface area (TPSA) is 58.4 Å². The first kappa shape index (κ1) is 11.7. The summed E-state index contributed by atoms with van der Waals surface area (Å²) in [5.41, 5.74) is 2.29. The Bertz CT molecular complexity index is 372. The lowest BCUT2D eigenvalue weighted by molar-refractivity contribution is 0.206. The lowest BCUT2D eigenvalue weighted by atomic mass is 10.2. The minimum Gasteiger partial charge on any atom is -0.322 e. The van der Waals surface area contributed by atoms with Gasteiger partial charge in [0.2, 0.25) is 0 Å². The molecule has 0 aliphatic carbocycles. The molecular weight excluding hydrogens is 221 g/mol. The highest BCUT2D eigenvalue weighted by Gasteiger charge is 2.10. The summed E-state index contributed by atoms with van der Waals surface area (Å²) < 4.78 is 13.2. The van der Waals surface area contributed by atoms with Gasteiger partial charge in [0, 0.05) is 17.6 Å². The van der Waals surface area contributed by atoms with Gasteiger partial charge < -0.3 is 4.90 Å². The molecule has 0 spiro atoms. The van der Waals surface area contributed by atoms with Gasteiger partial charge >= 0.3 is 6.03 Å². The lowest BCUT2D eigenvalue weighted by Gasteiger charge is -2.16. The molecule has 0 radical (unpaired) electrons. The number of urea groups is 1. The number of carbonyl (C=O) groups excluding carboxylic acids is 1. The first-order chi connectivity index (χ1) is 7.04. The van der Waals surface area contributed by atoms with Gasteiger partial charge in [0.25, 0.3) is 0 Å². The predicted octanol–water partition coefficient (Wildman–Crippen LogP) is 1.49. The van der Waals surface area contributed by atoms with Gasteiger partial charge in [-0.05, 0) is 18.2 Å². The molecule has 15 heavy (non-hydrogen) atoms. The van der Waals surface area contributed by atoms with E-state index < -0.39 is 11.8 Å². The van der Waals surface area contributed by atoms with Gasteiger partial charge in [0.05, 0.1) is 6.54 Å². The number of amides is 2. The van der Waals surface area contributed by atoms with Crippen LogP contribution in [0, 0.1) is 5.82 Å². The Balaban J connectivity index is 2.80. The van der Waals surface area contributed by atoms with E-state index in [2.05, 4.69) is 0 Å². The number of carbonyl (C=O) groups is 1. The average Bonchev–Trinajstić information content (AvgIpc) is 2.22. The van der Waals surface area contributed by atoms with Crippen LogP contribution in [0.15, 0.2) is 18.2 Å². The Morgan fingerprint density at radius 3 is 2.93 bits per heavy atom. The van der Waals surface area contributed by atoms with E-state index in [4.69, 9.17) is 17.4 Å². The minimum absolute atomic E-state index is 0.107. The largest absolute Gasteiger partial charge is 0.331 e. The van der Waals surface area contributed by atoms with Crippen molar-refractivity contribution in [3.8, 4) is 0 Å². The van der Waals surface area contributed by atoms with Gasteiger partial charge in [-0.25, -0.2) is 15.0 Å². The molecule has 82 valence electrons. The highest BCUT2D eigenvalue weighted by atomic mass is 35.5. The lowest BCUT2D eigenvalue weighted by Crippen LogP contribution is -2.40. The molecule has 0 aliphatic heterocycles. The molecule has 1 aromatic carbocycles. The van der Waals surface area contributed by atoms with Gasteiger partial charge in [-0.15, -0.1) is 0 Å². The van der Waals surface area contributed by atoms with E-state index in [9.17, 15) is 9.18 Å². The Morgan fingerprint density at radius 2 is 2.33 bits per heavy atom. The Labute approximate surface area is 91.8 Å². The molecule has 0 unspecified atom stereocenters. The normalized spacial score (nSPS) is 9.87. The van der Waals surface area contributed by atoms with E-state index in [1.165, 1.54) is 30.1 Å². The van der Waals surface area contributed by atoms with E-state index in [1.807, 2.05) is 5.43 Å². The van der Waals surface area contributed by atoms with E-state index in [0.717, 1.165) is 0 Å². The SMILES string of the molecule is CN(Cc1cc(Cl)ccc1F)C(=O)NN. The van der Waals surface area contributed by atoms with Crippen LogP contribution >= 0.6 is 11.6 Å². The van der Waals surface area contributed by atoms with Crippen molar-refractivity contribution in [3.05, 3.63) is 34.6 Å². The third kappa shape index (κ3) is 3.07. The Kier molecular flexibility index (Phi) is 3.88. The smallest absolute Gasteiger partial charge is 0.322 e. The number of nitrogens with two attached hydrogens (primary N) is 1. The zero-order valence-corrected chi connectivity index (χ0v) is 8.88. The van der Waals surface area contributed by atoms with Gasteiger partial charge in [0.1, 0.15) is 5.82 Å². The number of hydrogen-bond donors (Lipinski definition) is 2. The number of rotatable bonds is 2. The zero-order valence-electron chi connectivity index (χ0n) is 8.13. The number of hydrazine groups is 1. The monoisotopic (exact) mass is 231 g/mol. The molecule has 0 saturated carbocycles. The summed E-state index contributed by atoms with van der Waals surface area (Å²) in [6.07, 6.45) is 0. The number of benzene rings is 1. The van der Waals surface area contributed by atoms with Crippen LogP contribution in [0.3, 0.4) is 0 Å². The van der Waals surface area contributed by atoms with Crippen LogP contribution < -0.4 is 11.3 Å². The molecule has 0 aliphatic rings. The highest BCUT2D eigenvalue weighted by molar-refractivity contribution is 6.30. The maximum absolute atomic E-state index is 13.2. The van der Waals surface area contributed by atoms with Crippen LogP contribution in [-0.2, 0) is 6.54 Å². The molecular formula is C9H11ClFN3O. The van der Waals surface area contributed by atoms with Crippen molar-refractivity contribution in [2.75, 3.05) is 7.05 Å². The number of nitrogens with zero attached hydrogens (tertiary/aromatic N) is 1. The summed E-state index contributed by atoms with van der Waals surface area (Å²) in [7, 11) is 1.50.